The van der Waals surface area contributed by atoms with Gasteiger partial charge in [0.15, 0.2) is 0 Å². The second-order valence-corrected chi connectivity index (χ2v) is 5.75. The van der Waals surface area contributed by atoms with Gasteiger partial charge in [-0.3, -0.25) is 0 Å². The standard InChI is InChI=1S/C19H16F2N4/c20-9-11-24-18-7-2-1-6-17(18)23-19(24)13-16-8-10-22-25(16)15-5-3-4-14(21)12-15/h1-8,10,12H,9,11,13H2. The lowest BCUT2D eigenvalue weighted by atomic mass is 10.2. The van der Waals surface area contributed by atoms with E-state index in [0.717, 1.165) is 22.6 Å². The van der Waals surface area contributed by atoms with Crippen molar-refractivity contribution in [2.24, 2.45) is 0 Å². The molecule has 2 aromatic carbocycles. The summed E-state index contributed by atoms with van der Waals surface area (Å²) in [5, 5.41) is 4.29. The van der Waals surface area contributed by atoms with Gasteiger partial charge in [0.05, 0.1) is 29.0 Å². The maximum atomic E-state index is 13.5. The fourth-order valence-corrected chi connectivity index (χ4v) is 3.06. The summed E-state index contributed by atoms with van der Waals surface area (Å²) in [4.78, 5) is 4.64. The molecule has 0 amide bonds. The molecule has 0 bridgehead atoms. The number of nitrogens with zero attached hydrogens (tertiary/aromatic N) is 4. The monoisotopic (exact) mass is 338 g/mol. The summed E-state index contributed by atoms with van der Waals surface area (Å²) in [7, 11) is 0. The number of hydrogen-bond acceptors (Lipinski definition) is 2. The molecule has 4 aromatic rings. The highest BCUT2D eigenvalue weighted by atomic mass is 19.1. The van der Waals surface area contributed by atoms with Gasteiger partial charge in [0.2, 0.25) is 0 Å². The van der Waals surface area contributed by atoms with Crippen LogP contribution in [-0.4, -0.2) is 26.0 Å². The fourth-order valence-electron chi connectivity index (χ4n) is 3.06. The molecule has 0 aliphatic carbocycles. The maximum Gasteiger partial charge on any atom is 0.125 e. The lowest BCUT2D eigenvalue weighted by Crippen LogP contribution is -2.09. The third-order valence-electron chi connectivity index (χ3n) is 4.15. The largest absolute Gasteiger partial charge is 0.325 e. The summed E-state index contributed by atoms with van der Waals surface area (Å²) < 4.78 is 30.1. The number of fused-ring (bicyclic) bond motifs is 1. The van der Waals surface area contributed by atoms with Crippen LogP contribution in [0.25, 0.3) is 16.7 Å². The zero-order valence-corrected chi connectivity index (χ0v) is 13.4. The van der Waals surface area contributed by atoms with Gasteiger partial charge in [-0.2, -0.15) is 5.10 Å². The molecule has 2 aromatic heterocycles. The highest BCUT2D eigenvalue weighted by Gasteiger charge is 2.14. The third kappa shape index (κ3) is 2.91. The normalized spacial score (nSPS) is 11.3. The van der Waals surface area contributed by atoms with Crippen LogP contribution in [0.15, 0.2) is 60.8 Å². The van der Waals surface area contributed by atoms with Crippen molar-refractivity contribution in [3.05, 3.63) is 78.1 Å². The molecule has 4 rings (SSSR count). The molecule has 6 heteroatoms. The Hall–Kier alpha value is -3.02. The van der Waals surface area contributed by atoms with E-state index in [-0.39, 0.29) is 12.4 Å². The summed E-state index contributed by atoms with van der Waals surface area (Å²) >= 11 is 0. The third-order valence-corrected chi connectivity index (χ3v) is 4.15. The topological polar surface area (TPSA) is 35.6 Å². The molecular weight excluding hydrogens is 322 g/mol. The molecule has 0 aliphatic heterocycles. The van der Waals surface area contributed by atoms with Gasteiger partial charge in [0.1, 0.15) is 18.3 Å². The number of aromatic nitrogens is 4. The number of aryl methyl sites for hydroxylation is 1. The van der Waals surface area contributed by atoms with Crippen molar-refractivity contribution in [1.82, 2.24) is 19.3 Å². The number of imidazole rings is 1. The first kappa shape index (κ1) is 15.5. The van der Waals surface area contributed by atoms with Crippen molar-refractivity contribution >= 4 is 11.0 Å². The van der Waals surface area contributed by atoms with E-state index in [0.29, 0.717) is 12.1 Å². The number of hydrogen-bond donors (Lipinski definition) is 0. The molecule has 0 atom stereocenters. The van der Waals surface area contributed by atoms with Gasteiger partial charge in [-0.25, -0.2) is 18.4 Å². The van der Waals surface area contributed by atoms with Gasteiger partial charge in [-0.15, -0.1) is 0 Å². The molecular formula is C19H16F2N4. The molecule has 0 aliphatic rings. The minimum absolute atomic E-state index is 0.254. The van der Waals surface area contributed by atoms with Gasteiger partial charge in [0, 0.05) is 12.6 Å². The van der Waals surface area contributed by atoms with Crippen LogP contribution in [0.2, 0.25) is 0 Å². The Morgan fingerprint density at radius 2 is 1.88 bits per heavy atom. The van der Waals surface area contributed by atoms with Crippen LogP contribution in [0.1, 0.15) is 11.5 Å². The van der Waals surface area contributed by atoms with Crippen molar-refractivity contribution in [3.63, 3.8) is 0 Å². The van der Waals surface area contributed by atoms with Gasteiger partial charge in [-0.05, 0) is 36.4 Å². The van der Waals surface area contributed by atoms with Crippen molar-refractivity contribution in [2.75, 3.05) is 6.67 Å². The van der Waals surface area contributed by atoms with Crippen LogP contribution in [0, 0.1) is 5.82 Å². The van der Waals surface area contributed by atoms with Crippen LogP contribution < -0.4 is 0 Å². The molecule has 0 radical (unpaired) electrons. The first-order valence-corrected chi connectivity index (χ1v) is 8.05. The maximum absolute atomic E-state index is 13.5. The zero-order valence-electron chi connectivity index (χ0n) is 13.4. The molecule has 0 unspecified atom stereocenters. The Morgan fingerprint density at radius 1 is 1.00 bits per heavy atom. The molecule has 0 fully saturated rings. The van der Waals surface area contributed by atoms with E-state index in [2.05, 4.69) is 10.1 Å². The van der Waals surface area contributed by atoms with Crippen molar-refractivity contribution in [2.45, 2.75) is 13.0 Å². The molecule has 126 valence electrons. The SMILES string of the molecule is FCCn1c(Cc2ccnn2-c2cccc(F)c2)nc2ccccc21. The summed E-state index contributed by atoms with van der Waals surface area (Å²) in [5.74, 6) is 0.445. The van der Waals surface area contributed by atoms with E-state index in [1.165, 1.54) is 12.1 Å². The van der Waals surface area contributed by atoms with Crippen LogP contribution >= 0.6 is 0 Å². The minimum Gasteiger partial charge on any atom is -0.325 e. The molecule has 0 saturated carbocycles. The minimum atomic E-state index is -0.462. The number of benzene rings is 2. The van der Waals surface area contributed by atoms with E-state index < -0.39 is 6.67 Å². The van der Waals surface area contributed by atoms with E-state index in [1.54, 1.807) is 23.0 Å². The smallest absolute Gasteiger partial charge is 0.125 e. The van der Waals surface area contributed by atoms with E-state index in [9.17, 15) is 8.78 Å². The summed E-state index contributed by atoms with van der Waals surface area (Å²) in [6.45, 7) is -0.208. The number of para-hydroxylation sites is 2. The molecule has 4 nitrogen and oxygen atoms in total. The Balaban J connectivity index is 1.76. The summed E-state index contributed by atoms with van der Waals surface area (Å²) in [6, 6.07) is 15.8. The molecule has 2 heterocycles. The Morgan fingerprint density at radius 3 is 2.72 bits per heavy atom. The zero-order chi connectivity index (χ0) is 17.2. The molecule has 0 saturated heterocycles. The highest BCUT2D eigenvalue weighted by molar-refractivity contribution is 5.76. The molecule has 0 N–H and O–H groups in total. The summed E-state index contributed by atoms with van der Waals surface area (Å²) in [5.41, 5.74) is 3.25. The number of rotatable bonds is 5. The number of halogens is 2. The highest BCUT2D eigenvalue weighted by Crippen LogP contribution is 2.20. The average molecular weight is 338 g/mol. The van der Waals surface area contributed by atoms with Crippen LogP contribution in [0.5, 0.6) is 0 Å². The second kappa shape index (κ2) is 6.47. The Labute approximate surface area is 143 Å². The number of alkyl halides is 1. The second-order valence-electron chi connectivity index (χ2n) is 5.75. The molecule has 25 heavy (non-hydrogen) atoms. The van der Waals surface area contributed by atoms with Gasteiger partial charge in [-0.1, -0.05) is 18.2 Å². The first-order valence-electron chi connectivity index (χ1n) is 8.05. The van der Waals surface area contributed by atoms with Crippen LogP contribution in [-0.2, 0) is 13.0 Å². The Bertz CT molecular complexity index is 1020. The van der Waals surface area contributed by atoms with Gasteiger partial charge < -0.3 is 4.57 Å². The van der Waals surface area contributed by atoms with E-state index >= 15 is 0 Å². The lowest BCUT2D eigenvalue weighted by molar-refractivity contribution is 0.444. The fraction of sp³-hybridized carbons (Fsp3) is 0.158. The van der Waals surface area contributed by atoms with Crippen LogP contribution in [0.3, 0.4) is 0 Å². The van der Waals surface area contributed by atoms with Crippen molar-refractivity contribution in [3.8, 4) is 5.69 Å². The van der Waals surface area contributed by atoms with Gasteiger partial charge in [0.25, 0.3) is 0 Å². The van der Waals surface area contributed by atoms with Crippen LogP contribution in [0.4, 0.5) is 8.78 Å². The summed E-state index contributed by atoms with van der Waals surface area (Å²) in [6.07, 6.45) is 2.15. The predicted octanol–water partition coefficient (Wildman–Crippen LogP) is 3.92. The van der Waals surface area contributed by atoms with E-state index in [4.69, 9.17) is 0 Å². The molecule has 0 spiro atoms. The average Bonchev–Trinajstić information content (AvgIpc) is 3.21. The first-order chi connectivity index (χ1) is 12.3. The predicted molar refractivity (Wildman–Crippen MR) is 92.0 cm³/mol. The van der Waals surface area contributed by atoms with Crippen molar-refractivity contribution < 1.29 is 8.78 Å². The van der Waals surface area contributed by atoms with Gasteiger partial charge >= 0.3 is 0 Å². The quantitative estimate of drug-likeness (QED) is 0.553. The lowest BCUT2D eigenvalue weighted by Gasteiger charge is -2.09. The van der Waals surface area contributed by atoms with Crippen molar-refractivity contribution in [1.29, 1.82) is 0 Å². The Kier molecular flexibility index (Phi) is 4.01. The van der Waals surface area contributed by atoms with E-state index in [1.807, 2.05) is 34.9 Å².